The highest BCUT2D eigenvalue weighted by atomic mass is 16.3. The summed E-state index contributed by atoms with van der Waals surface area (Å²) in [6.07, 6.45) is 0. The van der Waals surface area contributed by atoms with Gasteiger partial charge in [-0.2, -0.15) is 0 Å². The molecule has 0 fully saturated rings. The van der Waals surface area contributed by atoms with Crippen LogP contribution in [0.4, 0.5) is 34.1 Å². The molecule has 0 radical (unpaired) electrons. The van der Waals surface area contributed by atoms with Gasteiger partial charge in [-0.15, -0.1) is 0 Å². The number of rotatable bonds is 6. The lowest BCUT2D eigenvalue weighted by Crippen LogP contribution is -2.12. The van der Waals surface area contributed by atoms with Crippen molar-refractivity contribution in [2.45, 2.75) is 66.2 Å². The molecule has 0 aliphatic rings. The van der Waals surface area contributed by atoms with Gasteiger partial charge < -0.3 is 18.6 Å². The molecule has 10 aromatic carbocycles. The number of furan rings is 2. The van der Waals surface area contributed by atoms with Crippen LogP contribution >= 0.6 is 0 Å². The molecule has 0 saturated carbocycles. The molecule has 2 aromatic heterocycles. The Morgan fingerprint density at radius 1 is 0.333 bits per heavy atom. The number of hydrogen-bond acceptors (Lipinski definition) is 4. The van der Waals surface area contributed by atoms with E-state index < -0.39 is 0 Å². The van der Waals surface area contributed by atoms with E-state index in [1.807, 2.05) is 0 Å². The molecule has 0 N–H and O–H groups in total. The maximum Gasteiger partial charge on any atom is 0.159 e. The monoisotopic (exact) mass is 856 g/mol. The van der Waals surface area contributed by atoms with Gasteiger partial charge in [0.1, 0.15) is 11.2 Å². The Bertz CT molecular complexity index is 3630. The van der Waals surface area contributed by atoms with Crippen molar-refractivity contribution in [3.63, 3.8) is 0 Å². The first kappa shape index (κ1) is 40.0. The highest BCUT2D eigenvalue weighted by molar-refractivity contribution is 6.29. The Labute approximate surface area is 385 Å². The third-order valence-corrected chi connectivity index (χ3v) is 13.7. The van der Waals surface area contributed by atoms with Crippen molar-refractivity contribution in [2.24, 2.45) is 0 Å². The number of fused-ring (bicyclic) bond motifs is 6. The molecule has 4 nitrogen and oxygen atoms in total. The molecule has 12 rings (SSSR count). The number of anilines is 6. The van der Waals surface area contributed by atoms with E-state index in [1.54, 1.807) is 0 Å². The number of nitrogens with zero attached hydrogens (tertiary/aromatic N) is 2. The van der Waals surface area contributed by atoms with Gasteiger partial charge in [0.25, 0.3) is 0 Å². The van der Waals surface area contributed by atoms with E-state index in [0.29, 0.717) is 0 Å². The molecule has 12 aromatic rings. The predicted octanol–water partition coefficient (Wildman–Crippen LogP) is 18.5. The molecule has 322 valence electrons. The number of aryl methyl sites for hydroxylation is 2. The molecule has 0 unspecified atom stereocenters. The SMILES string of the molecule is Cc1cccc(N(c2ccc3ccc4c(N(c5cccc(C)c5)c5cccc6c5oc5c(C(C)(C)C)cccc56)ccc5ccc2c3c54)c2cccc3c2oc2c(C(C)(C)C)cccc23)c1. The first-order valence-electron chi connectivity index (χ1n) is 23.2. The van der Waals surface area contributed by atoms with Crippen molar-refractivity contribution in [1.29, 1.82) is 0 Å². The van der Waals surface area contributed by atoms with Gasteiger partial charge in [0.2, 0.25) is 0 Å². The van der Waals surface area contributed by atoms with Crippen molar-refractivity contribution >= 4 is 110 Å². The molecule has 66 heavy (non-hydrogen) atoms. The van der Waals surface area contributed by atoms with Crippen LogP contribution in [-0.4, -0.2) is 0 Å². The summed E-state index contributed by atoms with van der Waals surface area (Å²) in [5, 5.41) is 11.7. The second kappa shape index (κ2) is 14.5. The Morgan fingerprint density at radius 2 is 0.697 bits per heavy atom. The quantitative estimate of drug-likeness (QED) is 0.156. The van der Waals surface area contributed by atoms with E-state index in [2.05, 4.69) is 235 Å². The summed E-state index contributed by atoms with van der Waals surface area (Å²) < 4.78 is 14.1. The fourth-order valence-corrected chi connectivity index (χ4v) is 10.7. The molecule has 2 heterocycles. The Balaban J connectivity index is 1.13. The van der Waals surface area contributed by atoms with E-state index in [1.165, 1.54) is 54.6 Å². The second-order valence-corrected chi connectivity index (χ2v) is 20.3. The lowest BCUT2D eigenvalue weighted by molar-refractivity contribution is 0.572. The maximum atomic E-state index is 7.07. The van der Waals surface area contributed by atoms with Crippen molar-refractivity contribution in [1.82, 2.24) is 0 Å². The van der Waals surface area contributed by atoms with Crippen molar-refractivity contribution in [3.8, 4) is 0 Å². The average molecular weight is 857 g/mol. The average Bonchev–Trinajstić information content (AvgIpc) is 3.88. The summed E-state index contributed by atoms with van der Waals surface area (Å²) in [6.45, 7) is 17.9. The zero-order chi connectivity index (χ0) is 45.2. The molecule has 4 heteroatoms. The summed E-state index contributed by atoms with van der Waals surface area (Å²) in [7, 11) is 0. The van der Waals surface area contributed by atoms with Crippen LogP contribution in [-0.2, 0) is 10.8 Å². The molecule has 0 atom stereocenters. The van der Waals surface area contributed by atoms with Crippen LogP contribution in [0.2, 0.25) is 0 Å². The lowest BCUT2D eigenvalue weighted by Gasteiger charge is -2.29. The van der Waals surface area contributed by atoms with Crippen LogP contribution in [0.25, 0.3) is 76.2 Å². The summed E-state index contributed by atoms with van der Waals surface area (Å²) in [5.41, 5.74) is 14.6. The summed E-state index contributed by atoms with van der Waals surface area (Å²) in [5.74, 6) is 0. The van der Waals surface area contributed by atoms with Gasteiger partial charge in [0.15, 0.2) is 11.2 Å². The van der Waals surface area contributed by atoms with Crippen LogP contribution in [0.1, 0.15) is 63.8 Å². The standard InChI is InChI=1S/C62H52N2O2/c1-37-15-9-17-41(35-37)63(53-25-13-21-45-43-19-11-23-49(61(3,4)5)57(43)65-59(45)53)51-33-29-39-28-32-48-52(34-30-40-27-31-47(51)55(39)56(40)48)64(42-18-10-16-38(2)36-42)54-26-14-22-46-44-20-12-24-50(62(6,7)8)58(44)66-60(46)54/h9-36H,1-8H3. The van der Waals surface area contributed by atoms with Gasteiger partial charge in [-0.3, -0.25) is 0 Å². The van der Waals surface area contributed by atoms with E-state index in [0.717, 1.165) is 78.0 Å². The number of para-hydroxylation sites is 4. The number of benzene rings is 10. The molecule has 0 saturated heterocycles. The highest BCUT2D eigenvalue weighted by Gasteiger charge is 2.28. The van der Waals surface area contributed by atoms with E-state index >= 15 is 0 Å². The van der Waals surface area contributed by atoms with Crippen LogP contribution in [0.5, 0.6) is 0 Å². The second-order valence-electron chi connectivity index (χ2n) is 20.3. The van der Waals surface area contributed by atoms with Gasteiger partial charge in [0.05, 0.1) is 22.7 Å². The number of hydrogen-bond donors (Lipinski definition) is 0. The van der Waals surface area contributed by atoms with Crippen LogP contribution < -0.4 is 9.80 Å². The van der Waals surface area contributed by atoms with Crippen LogP contribution in [0, 0.1) is 13.8 Å². The van der Waals surface area contributed by atoms with E-state index in [4.69, 9.17) is 8.83 Å². The van der Waals surface area contributed by atoms with Crippen molar-refractivity contribution in [3.05, 3.63) is 192 Å². The molecule has 0 aliphatic heterocycles. The first-order chi connectivity index (χ1) is 31.8. The topological polar surface area (TPSA) is 32.8 Å². The molecular formula is C62H52N2O2. The fourth-order valence-electron chi connectivity index (χ4n) is 10.7. The largest absolute Gasteiger partial charge is 0.454 e. The predicted molar refractivity (Wildman–Crippen MR) is 281 cm³/mol. The van der Waals surface area contributed by atoms with Crippen LogP contribution in [0.3, 0.4) is 0 Å². The summed E-state index contributed by atoms with van der Waals surface area (Å²) in [6, 6.07) is 62.4. The van der Waals surface area contributed by atoms with Crippen molar-refractivity contribution in [2.75, 3.05) is 9.80 Å². The fraction of sp³-hybridized carbons (Fsp3) is 0.161. The zero-order valence-electron chi connectivity index (χ0n) is 38.9. The minimum atomic E-state index is -0.0853. The Kier molecular flexibility index (Phi) is 8.77. The maximum absolute atomic E-state index is 7.07. The summed E-state index contributed by atoms with van der Waals surface area (Å²) >= 11 is 0. The van der Waals surface area contributed by atoms with Gasteiger partial charge in [-0.05, 0) is 106 Å². The molecule has 0 aliphatic carbocycles. The minimum absolute atomic E-state index is 0.0853. The first-order valence-corrected chi connectivity index (χ1v) is 23.2. The van der Waals surface area contributed by atoms with Crippen molar-refractivity contribution < 1.29 is 8.83 Å². The normalized spacial score (nSPS) is 12.5. The van der Waals surface area contributed by atoms with Gasteiger partial charge in [0, 0.05) is 54.8 Å². The highest BCUT2D eigenvalue weighted by Crippen LogP contribution is 2.51. The van der Waals surface area contributed by atoms with Gasteiger partial charge >= 0.3 is 0 Å². The van der Waals surface area contributed by atoms with Crippen LogP contribution in [0.15, 0.2) is 179 Å². The minimum Gasteiger partial charge on any atom is -0.454 e. The summed E-state index contributed by atoms with van der Waals surface area (Å²) in [4.78, 5) is 4.82. The Hall–Kier alpha value is -7.56. The molecule has 0 spiro atoms. The van der Waals surface area contributed by atoms with E-state index in [-0.39, 0.29) is 10.8 Å². The third-order valence-electron chi connectivity index (χ3n) is 13.7. The van der Waals surface area contributed by atoms with Gasteiger partial charge in [-0.1, -0.05) is 163 Å². The van der Waals surface area contributed by atoms with E-state index in [9.17, 15) is 0 Å². The zero-order valence-corrected chi connectivity index (χ0v) is 38.9. The Morgan fingerprint density at radius 3 is 1.09 bits per heavy atom. The third kappa shape index (κ3) is 6.11. The lowest BCUT2D eigenvalue weighted by atomic mass is 9.86. The molecular weight excluding hydrogens is 805 g/mol. The smallest absolute Gasteiger partial charge is 0.159 e. The van der Waals surface area contributed by atoms with Gasteiger partial charge in [-0.25, -0.2) is 0 Å². The molecule has 0 bridgehead atoms. The molecule has 0 amide bonds.